The Hall–Kier alpha value is -2.38. The average molecular weight is 683 g/mol. The Kier molecular flexibility index (Phi) is 9.43. The van der Waals surface area contributed by atoms with Crippen LogP contribution in [0.25, 0.3) is 0 Å². The van der Waals surface area contributed by atoms with Gasteiger partial charge in [-0.15, -0.1) is 11.8 Å². The SMILES string of the molecule is CSc1ccc(Sc2ccc(S(=O)(=O)c3ccc(C)c(C(F)(F)C(F)(F)OC(F)(F)C(F)(F)S(=O)(=O)O)c3)cc2)cc1. The van der Waals surface area contributed by atoms with Gasteiger partial charge in [0.25, 0.3) is 0 Å². The molecule has 0 saturated heterocycles. The Morgan fingerprint density at radius 1 is 0.690 bits per heavy atom. The van der Waals surface area contributed by atoms with E-state index in [2.05, 4.69) is 4.74 Å². The van der Waals surface area contributed by atoms with Crippen LogP contribution in [0.3, 0.4) is 0 Å². The number of hydrogen-bond donors (Lipinski definition) is 1. The third-order valence-electron chi connectivity index (χ3n) is 5.57. The number of rotatable bonds is 11. The summed E-state index contributed by atoms with van der Waals surface area (Å²) in [5.74, 6) is -5.91. The first kappa shape index (κ1) is 34.1. The number of aryl methyl sites for hydroxylation is 1. The van der Waals surface area contributed by atoms with Crippen molar-refractivity contribution in [3.8, 4) is 0 Å². The summed E-state index contributed by atoms with van der Waals surface area (Å²) in [4.78, 5) is 0.975. The van der Waals surface area contributed by atoms with Gasteiger partial charge in [-0.25, -0.2) is 13.2 Å². The number of sulfone groups is 1. The molecule has 0 saturated carbocycles. The fourth-order valence-corrected chi connectivity index (χ4v) is 6.15. The zero-order valence-corrected chi connectivity index (χ0v) is 24.3. The molecule has 0 aliphatic rings. The summed E-state index contributed by atoms with van der Waals surface area (Å²) in [6, 6.07) is 13.8. The molecule has 0 aliphatic heterocycles. The fourth-order valence-electron chi connectivity index (χ4n) is 3.30. The molecule has 3 aromatic carbocycles. The maximum atomic E-state index is 14.8. The van der Waals surface area contributed by atoms with Crippen LogP contribution in [0.15, 0.2) is 91.2 Å². The van der Waals surface area contributed by atoms with E-state index in [1.54, 1.807) is 0 Å². The van der Waals surface area contributed by atoms with Crippen LogP contribution in [0.1, 0.15) is 11.1 Å². The van der Waals surface area contributed by atoms with Crippen LogP contribution in [0, 0.1) is 6.92 Å². The zero-order chi connectivity index (χ0) is 31.9. The van der Waals surface area contributed by atoms with Crippen molar-refractivity contribution in [1.29, 1.82) is 0 Å². The van der Waals surface area contributed by atoms with Crippen LogP contribution < -0.4 is 0 Å². The second kappa shape index (κ2) is 11.6. The Labute approximate surface area is 243 Å². The minimum Gasteiger partial charge on any atom is -0.281 e. The van der Waals surface area contributed by atoms with Gasteiger partial charge >= 0.3 is 33.5 Å². The lowest BCUT2D eigenvalue weighted by Crippen LogP contribution is -2.55. The number of hydrogen-bond acceptors (Lipinski definition) is 7. The highest BCUT2D eigenvalue weighted by Gasteiger charge is 2.74. The summed E-state index contributed by atoms with van der Waals surface area (Å²) in [5, 5.41) is -6.75. The second-order valence-corrected chi connectivity index (χ2v) is 13.9. The number of ether oxygens (including phenoxy) is 1. The summed E-state index contributed by atoms with van der Waals surface area (Å²) in [6.07, 6.45) is -11.5. The number of alkyl halides is 8. The van der Waals surface area contributed by atoms with Crippen LogP contribution in [0.4, 0.5) is 35.1 Å². The van der Waals surface area contributed by atoms with Gasteiger partial charge in [-0.2, -0.15) is 43.5 Å². The highest BCUT2D eigenvalue weighted by molar-refractivity contribution is 7.99. The summed E-state index contributed by atoms with van der Waals surface area (Å²) in [7, 11) is -11.8. The van der Waals surface area contributed by atoms with Crippen LogP contribution >= 0.6 is 23.5 Å². The van der Waals surface area contributed by atoms with Gasteiger partial charge in [0.15, 0.2) is 0 Å². The topological polar surface area (TPSA) is 97.7 Å². The van der Waals surface area contributed by atoms with E-state index in [-0.39, 0.29) is 6.07 Å². The Morgan fingerprint density at radius 2 is 1.14 bits per heavy atom. The smallest absolute Gasteiger partial charge is 0.281 e. The molecule has 0 heterocycles. The standard InChI is InChI=1S/C24H18F8O6S4/c1-14-3-10-19(13-20(14)21(25,26)22(27,28)38-23(29,30)24(31,32)42(35,36)37)41(33,34)18-11-8-17(9-12-18)40-16-6-4-15(39-2)5-7-16/h3-13H,1-2H3,(H,35,36,37). The Bertz CT molecular complexity index is 1660. The maximum absolute atomic E-state index is 14.8. The molecule has 0 bridgehead atoms. The predicted octanol–water partition coefficient (Wildman–Crippen LogP) is 7.48. The van der Waals surface area contributed by atoms with Crippen molar-refractivity contribution < 1.29 is 61.2 Å². The van der Waals surface area contributed by atoms with Gasteiger partial charge in [0, 0.05) is 20.2 Å². The molecule has 0 unspecified atom stereocenters. The van der Waals surface area contributed by atoms with Gasteiger partial charge in [0.05, 0.1) is 9.79 Å². The molecule has 0 amide bonds. The first-order chi connectivity index (χ1) is 19.1. The molecule has 1 N–H and O–H groups in total. The molecule has 0 atom stereocenters. The van der Waals surface area contributed by atoms with E-state index in [1.165, 1.54) is 35.7 Å². The van der Waals surface area contributed by atoms with Crippen LogP contribution in [0.5, 0.6) is 0 Å². The first-order valence-electron chi connectivity index (χ1n) is 11.0. The summed E-state index contributed by atoms with van der Waals surface area (Å²) in [5.41, 5.74) is -2.69. The van der Waals surface area contributed by atoms with Crippen LogP contribution in [0.2, 0.25) is 0 Å². The monoisotopic (exact) mass is 682 g/mol. The largest absolute Gasteiger partial charge is 0.460 e. The molecule has 3 rings (SSSR count). The number of halogens is 8. The lowest BCUT2D eigenvalue weighted by molar-refractivity contribution is -0.459. The third kappa shape index (κ3) is 6.57. The lowest BCUT2D eigenvalue weighted by atomic mass is 10.0. The molecule has 0 aliphatic carbocycles. The van der Waals surface area contributed by atoms with E-state index in [0.29, 0.717) is 11.0 Å². The second-order valence-electron chi connectivity index (χ2n) is 8.43. The van der Waals surface area contributed by atoms with Crippen molar-refractivity contribution in [2.45, 2.75) is 54.8 Å². The maximum Gasteiger partial charge on any atom is 0.460 e. The molecule has 0 fully saturated rings. The quantitative estimate of drug-likeness (QED) is 0.126. The predicted molar refractivity (Wildman–Crippen MR) is 137 cm³/mol. The highest BCUT2D eigenvalue weighted by Crippen LogP contribution is 2.51. The van der Waals surface area contributed by atoms with Crippen molar-refractivity contribution in [3.63, 3.8) is 0 Å². The van der Waals surface area contributed by atoms with Crippen LogP contribution in [-0.4, -0.2) is 45.1 Å². The minimum absolute atomic E-state index is 0.0248. The van der Waals surface area contributed by atoms with Crippen molar-refractivity contribution >= 4 is 43.5 Å². The summed E-state index contributed by atoms with van der Waals surface area (Å²) < 4.78 is 170. The fraction of sp³-hybridized carbons (Fsp3) is 0.250. The van der Waals surface area contributed by atoms with E-state index in [4.69, 9.17) is 4.55 Å². The van der Waals surface area contributed by atoms with Crippen molar-refractivity contribution in [2.24, 2.45) is 0 Å². The molecule has 230 valence electrons. The average Bonchev–Trinajstić information content (AvgIpc) is 2.88. The molecular formula is C24H18F8O6S4. The van der Waals surface area contributed by atoms with Gasteiger partial charge in [-0.3, -0.25) is 4.55 Å². The molecule has 18 heteroatoms. The van der Waals surface area contributed by atoms with Crippen molar-refractivity contribution in [2.75, 3.05) is 6.26 Å². The summed E-state index contributed by atoms with van der Waals surface area (Å²) in [6.45, 7) is 0.762. The molecular weight excluding hydrogens is 665 g/mol. The van der Waals surface area contributed by atoms with Crippen molar-refractivity contribution in [1.82, 2.24) is 0 Å². The first-order valence-corrected chi connectivity index (χ1v) is 16.0. The van der Waals surface area contributed by atoms with E-state index >= 15 is 0 Å². The molecule has 0 spiro atoms. The summed E-state index contributed by atoms with van der Waals surface area (Å²) >= 11 is 2.80. The Morgan fingerprint density at radius 3 is 1.62 bits per heavy atom. The minimum atomic E-state index is -7.10. The van der Waals surface area contributed by atoms with Gasteiger partial charge in [-0.05, 0) is 79.4 Å². The van der Waals surface area contributed by atoms with Gasteiger partial charge in [0.2, 0.25) is 9.84 Å². The normalized spacial score (nSPS) is 13.8. The van der Waals surface area contributed by atoms with Crippen LogP contribution in [-0.2, 0) is 30.6 Å². The lowest BCUT2D eigenvalue weighted by Gasteiger charge is -2.32. The van der Waals surface area contributed by atoms with Gasteiger partial charge < -0.3 is 0 Å². The molecule has 0 aromatic heterocycles. The molecule has 42 heavy (non-hydrogen) atoms. The van der Waals surface area contributed by atoms with Gasteiger partial charge in [-0.1, -0.05) is 17.8 Å². The van der Waals surface area contributed by atoms with E-state index in [0.717, 1.165) is 34.9 Å². The zero-order valence-electron chi connectivity index (χ0n) is 21.0. The van der Waals surface area contributed by atoms with E-state index in [1.807, 2.05) is 30.5 Å². The van der Waals surface area contributed by atoms with Crippen molar-refractivity contribution in [3.05, 3.63) is 77.9 Å². The molecule has 6 nitrogen and oxygen atoms in total. The van der Waals surface area contributed by atoms with Gasteiger partial charge in [0.1, 0.15) is 0 Å². The molecule has 0 radical (unpaired) electrons. The van der Waals surface area contributed by atoms with E-state index < -0.39 is 64.3 Å². The van der Waals surface area contributed by atoms with E-state index in [9.17, 15) is 52.0 Å². The third-order valence-corrected chi connectivity index (χ3v) is 9.98. The molecule has 3 aromatic rings. The highest BCUT2D eigenvalue weighted by atomic mass is 32.2. The Balaban J connectivity index is 1.94. The number of thioether (sulfide) groups is 1. The number of benzene rings is 3.